The molecule has 0 atom stereocenters. The molecule has 2 nitrogen and oxygen atoms in total. The Bertz CT molecular complexity index is 201. The van der Waals surface area contributed by atoms with Crippen LogP contribution < -0.4 is 0 Å². The fourth-order valence-electron chi connectivity index (χ4n) is 1.05. The van der Waals surface area contributed by atoms with Gasteiger partial charge in [-0.3, -0.25) is 4.68 Å². The van der Waals surface area contributed by atoms with E-state index >= 15 is 0 Å². The van der Waals surface area contributed by atoms with Crippen LogP contribution in [0.3, 0.4) is 0 Å². The number of nitrogens with zero attached hydrogens (tertiary/aromatic N) is 2. The number of aryl methyl sites for hydroxylation is 1. The zero-order valence-electron chi connectivity index (χ0n) is 6.83. The largest absolute Gasteiger partial charge is 0.276 e. The molecule has 1 aromatic rings. The molecule has 0 unspecified atom stereocenters. The molecule has 0 amide bonds. The lowest BCUT2D eigenvalue weighted by atomic mass is 10.1. The molecule has 11 heavy (non-hydrogen) atoms. The van der Waals surface area contributed by atoms with Crippen molar-refractivity contribution in [1.82, 2.24) is 9.78 Å². The summed E-state index contributed by atoms with van der Waals surface area (Å²) in [5.74, 6) is 0.726. The Hall–Kier alpha value is -0.790. The van der Waals surface area contributed by atoms with Crippen molar-refractivity contribution in [2.75, 3.05) is 0 Å². The minimum Gasteiger partial charge on any atom is -0.276 e. The summed E-state index contributed by atoms with van der Waals surface area (Å²) in [5.41, 5.74) is 1.33. The van der Waals surface area contributed by atoms with Crippen molar-refractivity contribution in [3.63, 3.8) is 0 Å². The Morgan fingerprint density at radius 3 is 2.55 bits per heavy atom. The Kier molecular flexibility index (Phi) is 3.86. The van der Waals surface area contributed by atoms with Crippen molar-refractivity contribution < 1.29 is 0 Å². The lowest BCUT2D eigenvalue weighted by Crippen LogP contribution is -1.91. The van der Waals surface area contributed by atoms with Gasteiger partial charge in [0.15, 0.2) is 0 Å². The van der Waals surface area contributed by atoms with Gasteiger partial charge in [-0.15, -0.1) is 0 Å². The van der Waals surface area contributed by atoms with Gasteiger partial charge < -0.3 is 0 Å². The summed E-state index contributed by atoms with van der Waals surface area (Å²) in [6.07, 6.45) is 5.13. The molecule has 0 spiro atoms. The van der Waals surface area contributed by atoms with Crippen molar-refractivity contribution >= 4 is 0 Å². The highest BCUT2D eigenvalue weighted by Crippen LogP contribution is 2.05. The molecule has 0 saturated heterocycles. The molecule has 0 aromatic carbocycles. The molecule has 0 bridgehead atoms. The summed E-state index contributed by atoms with van der Waals surface area (Å²) >= 11 is 0. The standard InChI is InChI=1S/C8H14N2.CH4/c1-7(2)4-8-5-9-10(3)6-8;/h5-7H,4H2,1-3H3;1H4. The minimum atomic E-state index is 0. The SMILES string of the molecule is C.CC(C)Cc1cnn(C)c1. The molecule has 0 radical (unpaired) electrons. The molecule has 0 saturated carbocycles. The molecule has 0 aliphatic heterocycles. The molecule has 2 heteroatoms. The molecule has 1 aromatic heterocycles. The highest BCUT2D eigenvalue weighted by atomic mass is 15.2. The molecule has 64 valence electrons. The summed E-state index contributed by atoms with van der Waals surface area (Å²) in [5, 5.41) is 4.09. The second kappa shape index (κ2) is 4.16. The van der Waals surface area contributed by atoms with Crippen molar-refractivity contribution in [2.45, 2.75) is 27.7 Å². The van der Waals surface area contributed by atoms with Gasteiger partial charge in [-0.25, -0.2) is 0 Å². The molecule has 0 aliphatic rings. The third kappa shape index (κ3) is 3.21. The van der Waals surface area contributed by atoms with E-state index in [0.29, 0.717) is 0 Å². The molecule has 1 heterocycles. The van der Waals surface area contributed by atoms with E-state index in [-0.39, 0.29) is 7.43 Å². The highest BCUT2D eigenvalue weighted by molar-refractivity contribution is 5.03. The summed E-state index contributed by atoms with van der Waals surface area (Å²) in [6.45, 7) is 4.43. The third-order valence-electron chi connectivity index (χ3n) is 1.40. The first-order valence-corrected chi connectivity index (χ1v) is 3.66. The zero-order chi connectivity index (χ0) is 7.56. The fraction of sp³-hybridized carbons (Fsp3) is 0.667. The maximum absolute atomic E-state index is 4.09. The van der Waals surface area contributed by atoms with E-state index in [9.17, 15) is 0 Å². The summed E-state index contributed by atoms with van der Waals surface area (Å²) in [4.78, 5) is 0. The van der Waals surface area contributed by atoms with Crippen molar-refractivity contribution in [3.05, 3.63) is 18.0 Å². The molecule has 0 aliphatic carbocycles. The second-order valence-electron chi connectivity index (χ2n) is 3.12. The van der Waals surface area contributed by atoms with Crippen LogP contribution in [0.4, 0.5) is 0 Å². The van der Waals surface area contributed by atoms with Crippen LogP contribution in [0.5, 0.6) is 0 Å². The zero-order valence-corrected chi connectivity index (χ0v) is 6.83. The first-order valence-electron chi connectivity index (χ1n) is 3.66. The summed E-state index contributed by atoms with van der Waals surface area (Å²) < 4.78 is 1.84. The highest BCUT2D eigenvalue weighted by Gasteiger charge is 1.98. The lowest BCUT2D eigenvalue weighted by molar-refractivity contribution is 0.646. The van der Waals surface area contributed by atoms with E-state index in [1.54, 1.807) is 0 Å². The Morgan fingerprint density at radius 2 is 2.18 bits per heavy atom. The van der Waals surface area contributed by atoms with E-state index in [4.69, 9.17) is 0 Å². The van der Waals surface area contributed by atoms with Crippen LogP contribution in [-0.2, 0) is 13.5 Å². The van der Waals surface area contributed by atoms with E-state index in [0.717, 1.165) is 12.3 Å². The van der Waals surface area contributed by atoms with Crippen molar-refractivity contribution in [3.8, 4) is 0 Å². The lowest BCUT2D eigenvalue weighted by Gasteiger charge is -1.98. The quantitative estimate of drug-likeness (QED) is 0.639. The van der Waals surface area contributed by atoms with Gasteiger partial charge in [0.05, 0.1) is 6.20 Å². The van der Waals surface area contributed by atoms with Crippen LogP contribution in [0.15, 0.2) is 12.4 Å². The number of hydrogen-bond acceptors (Lipinski definition) is 1. The Labute approximate surface area is 69.2 Å². The average Bonchev–Trinajstić information content (AvgIpc) is 2.13. The Morgan fingerprint density at radius 1 is 1.55 bits per heavy atom. The monoisotopic (exact) mass is 154 g/mol. The maximum atomic E-state index is 4.09. The van der Waals surface area contributed by atoms with Gasteiger partial charge in [0.2, 0.25) is 0 Å². The van der Waals surface area contributed by atoms with E-state index in [1.165, 1.54) is 5.56 Å². The number of hydrogen-bond donors (Lipinski definition) is 0. The second-order valence-corrected chi connectivity index (χ2v) is 3.12. The predicted octanol–water partition coefficient (Wildman–Crippen LogP) is 2.25. The fourth-order valence-corrected chi connectivity index (χ4v) is 1.05. The van der Waals surface area contributed by atoms with Gasteiger partial charge in [0, 0.05) is 13.2 Å². The van der Waals surface area contributed by atoms with E-state index in [1.807, 2.05) is 17.9 Å². The van der Waals surface area contributed by atoms with E-state index < -0.39 is 0 Å². The molecule has 1 rings (SSSR count). The van der Waals surface area contributed by atoms with Crippen molar-refractivity contribution in [1.29, 1.82) is 0 Å². The first-order chi connectivity index (χ1) is 4.68. The van der Waals surface area contributed by atoms with Gasteiger partial charge in [-0.2, -0.15) is 5.10 Å². The number of aromatic nitrogens is 2. The van der Waals surface area contributed by atoms with E-state index in [2.05, 4.69) is 25.1 Å². The normalized spacial score (nSPS) is 9.82. The van der Waals surface area contributed by atoms with Crippen LogP contribution in [0.2, 0.25) is 0 Å². The molecular weight excluding hydrogens is 136 g/mol. The Balaban J connectivity index is 0.000001000. The van der Waals surface area contributed by atoms with Gasteiger partial charge in [-0.1, -0.05) is 21.3 Å². The smallest absolute Gasteiger partial charge is 0.0521 e. The maximum Gasteiger partial charge on any atom is 0.0521 e. The average molecular weight is 154 g/mol. The van der Waals surface area contributed by atoms with Gasteiger partial charge >= 0.3 is 0 Å². The minimum absolute atomic E-state index is 0. The van der Waals surface area contributed by atoms with Crippen LogP contribution in [-0.4, -0.2) is 9.78 Å². The van der Waals surface area contributed by atoms with Crippen LogP contribution in [0, 0.1) is 5.92 Å². The van der Waals surface area contributed by atoms with Gasteiger partial charge in [0.1, 0.15) is 0 Å². The van der Waals surface area contributed by atoms with Crippen LogP contribution in [0.1, 0.15) is 26.8 Å². The predicted molar refractivity (Wildman–Crippen MR) is 48.5 cm³/mol. The number of rotatable bonds is 2. The third-order valence-corrected chi connectivity index (χ3v) is 1.40. The van der Waals surface area contributed by atoms with Gasteiger partial charge in [-0.05, 0) is 17.9 Å². The summed E-state index contributed by atoms with van der Waals surface area (Å²) in [6, 6.07) is 0. The first kappa shape index (κ1) is 10.2. The van der Waals surface area contributed by atoms with Crippen LogP contribution in [0.25, 0.3) is 0 Å². The molecule has 0 fully saturated rings. The van der Waals surface area contributed by atoms with Crippen molar-refractivity contribution in [2.24, 2.45) is 13.0 Å². The topological polar surface area (TPSA) is 17.8 Å². The van der Waals surface area contributed by atoms with Crippen LogP contribution >= 0.6 is 0 Å². The summed E-state index contributed by atoms with van der Waals surface area (Å²) in [7, 11) is 1.95. The van der Waals surface area contributed by atoms with Gasteiger partial charge in [0.25, 0.3) is 0 Å². The molecule has 0 N–H and O–H groups in total. The molecular formula is C9H18N2.